The normalized spacial score (nSPS) is 11.7. The fraction of sp³-hybridized carbons (Fsp3) is 0.333. The van der Waals surface area contributed by atoms with Crippen LogP contribution in [0.25, 0.3) is 0 Å². The molecule has 0 radical (unpaired) electrons. The number of nitrogens with one attached hydrogen (secondary N) is 2. The van der Waals surface area contributed by atoms with Crippen molar-refractivity contribution in [2.24, 2.45) is 0 Å². The van der Waals surface area contributed by atoms with Crippen molar-refractivity contribution in [1.29, 1.82) is 0 Å². The van der Waals surface area contributed by atoms with E-state index < -0.39 is 18.1 Å². The Morgan fingerprint density at radius 1 is 1.33 bits per heavy atom. The third-order valence-corrected chi connectivity index (χ3v) is 2.38. The van der Waals surface area contributed by atoms with Crippen LogP contribution in [-0.2, 0) is 4.79 Å². The molecule has 1 aromatic carbocycles. The van der Waals surface area contributed by atoms with Crippen LogP contribution in [0.1, 0.15) is 12.0 Å². The lowest BCUT2D eigenvalue weighted by Crippen LogP contribution is -2.33. The summed E-state index contributed by atoms with van der Waals surface area (Å²) in [5.74, 6) is -1.30. The molecule has 0 aliphatic carbocycles. The summed E-state index contributed by atoms with van der Waals surface area (Å²) in [6.07, 6.45) is -1.49. The zero-order valence-corrected chi connectivity index (χ0v) is 10.0. The Morgan fingerprint density at radius 2 is 2.00 bits per heavy atom. The van der Waals surface area contributed by atoms with Crippen LogP contribution in [0.3, 0.4) is 0 Å². The van der Waals surface area contributed by atoms with Gasteiger partial charge in [-0.1, -0.05) is 18.2 Å². The lowest BCUT2D eigenvalue weighted by Gasteiger charge is -2.10. The van der Waals surface area contributed by atoms with Crippen LogP contribution in [0.5, 0.6) is 0 Å². The third-order valence-electron chi connectivity index (χ3n) is 2.38. The van der Waals surface area contributed by atoms with E-state index in [1.165, 1.54) is 0 Å². The molecule has 0 unspecified atom stereocenters. The molecule has 6 nitrogen and oxygen atoms in total. The fourth-order valence-corrected chi connectivity index (χ4v) is 1.33. The number of aliphatic hydroxyl groups is 1. The van der Waals surface area contributed by atoms with E-state index in [2.05, 4.69) is 10.6 Å². The highest BCUT2D eigenvalue weighted by Crippen LogP contribution is 2.12. The minimum absolute atomic E-state index is 0.0312. The van der Waals surface area contributed by atoms with Crippen LogP contribution in [0.15, 0.2) is 24.3 Å². The predicted octanol–water partition coefficient (Wildman–Crippen LogP) is 0.952. The number of carboxylic acids is 1. The molecule has 4 N–H and O–H groups in total. The molecule has 0 heterocycles. The Morgan fingerprint density at radius 3 is 2.61 bits per heavy atom. The zero-order valence-electron chi connectivity index (χ0n) is 10.0. The number of hydrogen-bond donors (Lipinski definition) is 4. The molecule has 0 bridgehead atoms. The van der Waals surface area contributed by atoms with Gasteiger partial charge in [-0.05, 0) is 18.6 Å². The van der Waals surface area contributed by atoms with Crippen LogP contribution in [0.4, 0.5) is 10.5 Å². The van der Waals surface area contributed by atoms with E-state index in [4.69, 9.17) is 10.2 Å². The second-order valence-electron chi connectivity index (χ2n) is 3.84. The molecule has 0 aliphatic rings. The van der Waals surface area contributed by atoms with Crippen molar-refractivity contribution < 1.29 is 19.8 Å². The van der Waals surface area contributed by atoms with Crippen molar-refractivity contribution in [2.45, 2.75) is 19.4 Å². The lowest BCUT2D eigenvalue weighted by molar-refractivity contribution is -0.146. The molecule has 1 rings (SSSR count). The van der Waals surface area contributed by atoms with Crippen LogP contribution >= 0.6 is 0 Å². The van der Waals surface area contributed by atoms with Gasteiger partial charge in [-0.15, -0.1) is 0 Å². The molecule has 0 aliphatic heterocycles. The van der Waals surface area contributed by atoms with Gasteiger partial charge < -0.3 is 20.8 Å². The molecule has 0 saturated carbocycles. The predicted molar refractivity (Wildman–Crippen MR) is 66.5 cm³/mol. The number of carbonyl (C=O) groups is 2. The number of para-hydroxylation sites is 1. The Bertz CT molecular complexity index is 434. The van der Waals surface area contributed by atoms with Gasteiger partial charge in [0.05, 0.1) is 0 Å². The third kappa shape index (κ3) is 4.42. The number of urea groups is 1. The van der Waals surface area contributed by atoms with Gasteiger partial charge in [-0.25, -0.2) is 9.59 Å². The number of amides is 2. The van der Waals surface area contributed by atoms with Crippen molar-refractivity contribution in [3.63, 3.8) is 0 Å². The minimum atomic E-state index is -1.45. The number of anilines is 1. The average molecular weight is 252 g/mol. The van der Waals surface area contributed by atoms with Crippen LogP contribution in [0.2, 0.25) is 0 Å². The number of hydrogen-bond acceptors (Lipinski definition) is 3. The highest BCUT2D eigenvalue weighted by molar-refractivity contribution is 5.90. The summed E-state index contributed by atoms with van der Waals surface area (Å²) in [4.78, 5) is 21.8. The van der Waals surface area contributed by atoms with E-state index >= 15 is 0 Å². The van der Waals surface area contributed by atoms with Crippen molar-refractivity contribution in [1.82, 2.24) is 5.32 Å². The van der Waals surface area contributed by atoms with Gasteiger partial charge >= 0.3 is 12.0 Å². The first-order valence-electron chi connectivity index (χ1n) is 5.52. The number of aliphatic carboxylic acids is 1. The van der Waals surface area contributed by atoms with Gasteiger partial charge in [0.2, 0.25) is 0 Å². The Labute approximate surface area is 105 Å². The quantitative estimate of drug-likeness (QED) is 0.627. The van der Waals surface area contributed by atoms with Crippen molar-refractivity contribution in [3.05, 3.63) is 29.8 Å². The van der Waals surface area contributed by atoms with E-state index in [1.807, 2.05) is 19.1 Å². The van der Waals surface area contributed by atoms with Gasteiger partial charge in [0.15, 0.2) is 6.10 Å². The molecular weight excluding hydrogens is 236 g/mol. The molecule has 18 heavy (non-hydrogen) atoms. The molecule has 2 amide bonds. The maximum Gasteiger partial charge on any atom is 0.332 e. The molecule has 1 atom stereocenters. The summed E-state index contributed by atoms with van der Waals surface area (Å²) in [6, 6.07) is 6.87. The summed E-state index contributed by atoms with van der Waals surface area (Å²) in [5.41, 5.74) is 1.62. The lowest BCUT2D eigenvalue weighted by atomic mass is 10.2. The highest BCUT2D eigenvalue weighted by atomic mass is 16.4. The van der Waals surface area contributed by atoms with Crippen LogP contribution in [-0.4, -0.2) is 34.9 Å². The fourth-order valence-electron chi connectivity index (χ4n) is 1.33. The number of carbonyl (C=O) groups excluding carboxylic acids is 1. The number of benzene rings is 1. The Balaban J connectivity index is 2.35. The van der Waals surface area contributed by atoms with Crippen molar-refractivity contribution in [3.8, 4) is 0 Å². The Hall–Kier alpha value is -2.08. The van der Waals surface area contributed by atoms with Crippen LogP contribution in [0, 0.1) is 6.92 Å². The minimum Gasteiger partial charge on any atom is -0.479 e. The van der Waals surface area contributed by atoms with Crippen LogP contribution < -0.4 is 10.6 Å². The number of rotatable bonds is 5. The monoisotopic (exact) mass is 252 g/mol. The standard InChI is InChI=1S/C12H16N2O4/c1-8-4-2-3-5-9(8)14-12(18)13-7-6-10(15)11(16)17/h2-5,10,15H,6-7H2,1H3,(H,16,17)(H2,13,14,18)/t10-/m0/s1. The molecule has 1 aromatic rings. The zero-order chi connectivity index (χ0) is 13.5. The van der Waals surface area contributed by atoms with E-state index in [9.17, 15) is 9.59 Å². The largest absolute Gasteiger partial charge is 0.479 e. The average Bonchev–Trinajstić information content (AvgIpc) is 2.32. The maximum atomic E-state index is 11.5. The number of carboxylic acid groups (broad SMARTS) is 1. The number of aliphatic hydroxyl groups excluding tert-OH is 1. The van der Waals surface area contributed by atoms with Gasteiger partial charge in [0, 0.05) is 18.7 Å². The molecule has 0 fully saturated rings. The first-order valence-corrected chi connectivity index (χ1v) is 5.52. The van der Waals surface area contributed by atoms with Gasteiger partial charge in [0.25, 0.3) is 0 Å². The molecule has 0 saturated heterocycles. The molecule has 98 valence electrons. The van der Waals surface area contributed by atoms with Crippen molar-refractivity contribution >= 4 is 17.7 Å². The van der Waals surface area contributed by atoms with E-state index in [0.717, 1.165) is 5.56 Å². The molecule has 0 spiro atoms. The van der Waals surface area contributed by atoms with Gasteiger partial charge in [-0.3, -0.25) is 0 Å². The molecule has 0 aromatic heterocycles. The van der Waals surface area contributed by atoms with E-state index in [-0.39, 0.29) is 13.0 Å². The van der Waals surface area contributed by atoms with E-state index in [1.54, 1.807) is 12.1 Å². The molecular formula is C12H16N2O4. The van der Waals surface area contributed by atoms with Crippen molar-refractivity contribution in [2.75, 3.05) is 11.9 Å². The SMILES string of the molecule is Cc1ccccc1NC(=O)NCC[C@H](O)C(=O)O. The first-order chi connectivity index (χ1) is 8.50. The Kier molecular flexibility index (Phi) is 5.13. The smallest absolute Gasteiger partial charge is 0.332 e. The second-order valence-corrected chi connectivity index (χ2v) is 3.84. The van der Waals surface area contributed by atoms with Gasteiger partial charge in [0.1, 0.15) is 0 Å². The summed E-state index contributed by atoms with van der Waals surface area (Å²) < 4.78 is 0. The van der Waals surface area contributed by atoms with Gasteiger partial charge in [-0.2, -0.15) is 0 Å². The summed E-state index contributed by atoms with van der Waals surface area (Å²) in [5, 5.41) is 22.5. The topological polar surface area (TPSA) is 98.7 Å². The highest BCUT2D eigenvalue weighted by Gasteiger charge is 2.12. The summed E-state index contributed by atoms with van der Waals surface area (Å²) in [6.45, 7) is 1.95. The summed E-state index contributed by atoms with van der Waals surface area (Å²) >= 11 is 0. The second kappa shape index (κ2) is 6.61. The molecule has 6 heteroatoms. The summed E-state index contributed by atoms with van der Waals surface area (Å²) in [7, 11) is 0. The first kappa shape index (κ1) is 14.0. The maximum absolute atomic E-state index is 11.5. The van der Waals surface area contributed by atoms with E-state index in [0.29, 0.717) is 5.69 Å². The number of aryl methyl sites for hydroxylation is 1.